The van der Waals surface area contributed by atoms with Gasteiger partial charge in [0, 0.05) is 0 Å². The lowest BCUT2D eigenvalue weighted by Crippen LogP contribution is -1.94. The van der Waals surface area contributed by atoms with Crippen LogP contribution in [0.5, 0.6) is 0 Å². The van der Waals surface area contributed by atoms with E-state index in [1.807, 2.05) is 36.4 Å². The van der Waals surface area contributed by atoms with Gasteiger partial charge in [-0.05, 0) is 30.4 Å². The van der Waals surface area contributed by atoms with Crippen molar-refractivity contribution in [3.63, 3.8) is 0 Å². The van der Waals surface area contributed by atoms with Crippen LogP contribution >= 0.6 is 0 Å². The molecule has 2 N–H and O–H groups in total. The topological polar surface area (TPSA) is 52.0 Å². The molecule has 0 bridgehead atoms. The first kappa shape index (κ1) is 13.4. The quantitative estimate of drug-likeness (QED) is 0.764. The van der Waals surface area contributed by atoms with Crippen molar-refractivity contribution in [2.24, 2.45) is 0 Å². The Balaban J connectivity index is 1.72. The van der Waals surface area contributed by atoms with Gasteiger partial charge in [-0.25, -0.2) is 0 Å². The van der Waals surface area contributed by atoms with E-state index in [2.05, 4.69) is 29.4 Å². The molecule has 0 amide bonds. The summed E-state index contributed by atoms with van der Waals surface area (Å²) >= 11 is 0. The normalized spacial score (nSPS) is 10.7. The van der Waals surface area contributed by atoms with Crippen LogP contribution in [0.3, 0.4) is 0 Å². The van der Waals surface area contributed by atoms with E-state index in [9.17, 15) is 0 Å². The molecule has 0 atom stereocenters. The monoisotopic (exact) mass is 278 g/mol. The molecule has 0 aliphatic heterocycles. The smallest absolute Gasteiger partial charge is 0.230 e. The molecule has 2 aromatic carbocycles. The summed E-state index contributed by atoms with van der Waals surface area (Å²) in [7, 11) is 0. The average Bonchev–Trinajstić information content (AvgIpc) is 2.90. The van der Waals surface area contributed by atoms with Gasteiger partial charge in [0.1, 0.15) is 0 Å². The van der Waals surface area contributed by atoms with Gasteiger partial charge in [-0.1, -0.05) is 65.8 Å². The third-order valence-corrected chi connectivity index (χ3v) is 3.57. The molecule has 3 aromatic rings. The molecule has 3 rings (SSSR count). The van der Waals surface area contributed by atoms with Gasteiger partial charge in [-0.3, -0.25) is 0 Å². The first-order chi connectivity index (χ1) is 10.3. The Bertz CT molecular complexity index is 690. The van der Waals surface area contributed by atoms with E-state index in [-0.39, 0.29) is 0 Å². The molecule has 0 saturated heterocycles. The van der Waals surface area contributed by atoms with E-state index in [1.165, 1.54) is 5.56 Å². The van der Waals surface area contributed by atoms with Crippen molar-refractivity contribution >= 4 is 5.88 Å². The Labute approximate surface area is 124 Å². The second kappa shape index (κ2) is 6.27. The van der Waals surface area contributed by atoms with Crippen LogP contribution in [0.2, 0.25) is 0 Å². The van der Waals surface area contributed by atoms with Crippen LogP contribution in [-0.4, -0.2) is 5.16 Å². The molecule has 0 spiro atoms. The lowest BCUT2D eigenvalue weighted by Gasteiger charge is -2.03. The van der Waals surface area contributed by atoms with Gasteiger partial charge in [0.05, 0.1) is 11.3 Å². The molecule has 0 fully saturated rings. The highest BCUT2D eigenvalue weighted by Gasteiger charge is 2.14. The number of aryl methyl sites for hydroxylation is 2. The Morgan fingerprint density at radius 2 is 1.52 bits per heavy atom. The van der Waals surface area contributed by atoms with Gasteiger partial charge in [0.25, 0.3) is 0 Å². The van der Waals surface area contributed by atoms with Crippen LogP contribution in [-0.2, 0) is 12.8 Å². The van der Waals surface area contributed by atoms with Gasteiger partial charge >= 0.3 is 0 Å². The Morgan fingerprint density at radius 1 is 0.857 bits per heavy atom. The third-order valence-electron chi connectivity index (χ3n) is 3.57. The summed E-state index contributed by atoms with van der Waals surface area (Å²) in [4.78, 5) is 0. The number of aromatic nitrogens is 1. The second-order valence-electron chi connectivity index (χ2n) is 5.07. The van der Waals surface area contributed by atoms with Crippen molar-refractivity contribution in [3.05, 3.63) is 71.9 Å². The van der Waals surface area contributed by atoms with E-state index in [1.54, 1.807) is 0 Å². The maximum atomic E-state index is 5.93. The lowest BCUT2D eigenvalue weighted by molar-refractivity contribution is 0.426. The fraction of sp³-hybridized carbons (Fsp3) is 0.167. The summed E-state index contributed by atoms with van der Waals surface area (Å²) in [5.74, 6) is 0.399. The van der Waals surface area contributed by atoms with Crippen LogP contribution in [0.4, 0.5) is 5.88 Å². The van der Waals surface area contributed by atoms with Gasteiger partial charge in [0.15, 0.2) is 0 Å². The molecule has 1 aromatic heterocycles. The van der Waals surface area contributed by atoms with Crippen LogP contribution in [0.25, 0.3) is 11.1 Å². The molecular formula is C18H18N2O. The molecule has 1 heterocycles. The fourth-order valence-corrected chi connectivity index (χ4v) is 2.53. The van der Waals surface area contributed by atoms with Gasteiger partial charge in [-0.15, -0.1) is 0 Å². The number of anilines is 1. The molecule has 21 heavy (non-hydrogen) atoms. The zero-order chi connectivity index (χ0) is 14.5. The number of hydrogen-bond donors (Lipinski definition) is 1. The summed E-state index contributed by atoms with van der Waals surface area (Å²) in [6.45, 7) is 0. The van der Waals surface area contributed by atoms with Gasteiger partial charge < -0.3 is 10.3 Å². The van der Waals surface area contributed by atoms with Gasteiger partial charge in [0.2, 0.25) is 5.88 Å². The van der Waals surface area contributed by atoms with E-state index in [0.717, 1.165) is 36.1 Å². The van der Waals surface area contributed by atoms with Crippen molar-refractivity contribution in [1.29, 1.82) is 0 Å². The van der Waals surface area contributed by atoms with Crippen LogP contribution in [0, 0.1) is 0 Å². The lowest BCUT2D eigenvalue weighted by atomic mass is 10.0. The molecule has 0 unspecified atom stereocenters. The fourth-order valence-electron chi connectivity index (χ4n) is 2.53. The second-order valence-corrected chi connectivity index (χ2v) is 5.07. The summed E-state index contributed by atoms with van der Waals surface area (Å²) in [5, 5.41) is 4.12. The molecule has 0 saturated carbocycles. The largest absolute Gasteiger partial charge is 0.367 e. The third kappa shape index (κ3) is 3.14. The number of nitrogens with zero attached hydrogens (tertiary/aromatic N) is 1. The zero-order valence-electron chi connectivity index (χ0n) is 11.8. The van der Waals surface area contributed by atoms with E-state index < -0.39 is 0 Å². The van der Waals surface area contributed by atoms with Crippen molar-refractivity contribution in [2.75, 3.05) is 5.73 Å². The highest BCUT2D eigenvalue weighted by atomic mass is 16.5. The molecule has 0 aliphatic rings. The number of nitrogen functional groups attached to an aromatic ring is 1. The SMILES string of the molecule is Nc1onc(CCCc2ccccc2)c1-c1ccccc1. The predicted octanol–water partition coefficient (Wildman–Crippen LogP) is 4.10. The minimum Gasteiger partial charge on any atom is -0.367 e. The highest BCUT2D eigenvalue weighted by molar-refractivity contribution is 5.74. The summed E-state index contributed by atoms with van der Waals surface area (Å²) in [6, 6.07) is 20.5. The zero-order valence-corrected chi connectivity index (χ0v) is 11.8. The van der Waals surface area contributed by atoms with Crippen molar-refractivity contribution < 1.29 is 4.52 Å². The first-order valence-electron chi connectivity index (χ1n) is 7.18. The standard InChI is InChI=1S/C18H18N2O/c19-18-17(15-11-5-2-6-12-15)16(20-21-18)13-7-10-14-8-3-1-4-9-14/h1-6,8-9,11-12H,7,10,13,19H2. The van der Waals surface area contributed by atoms with Crippen LogP contribution < -0.4 is 5.73 Å². The number of rotatable bonds is 5. The summed E-state index contributed by atoms with van der Waals surface area (Å²) < 4.78 is 5.18. The molecule has 0 aliphatic carbocycles. The van der Waals surface area contributed by atoms with Crippen molar-refractivity contribution in [3.8, 4) is 11.1 Å². The molecule has 3 nitrogen and oxygen atoms in total. The maximum Gasteiger partial charge on any atom is 0.230 e. The average molecular weight is 278 g/mol. The van der Waals surface area contributed by atoms with Gasteiger partial charge in [-0.2, -0.15) is 0 Å². The van der Waals surface area contributed by atoms with Crippen LogP contribution in [0.1, 0.15) is 17.7 Å². The van der Waals surface area contributed by atoms with E-state index >= 15 is 0 Å². The summed E-state index contributed by atoms with van der Waals surface area (Å²) in [5.41, 5.74) is 10.2. The maximum absolute atomic E-state index is 5.93. The van der Waals surface area contributed by atoms with E-state index in [4.69, 9.17) is 10.3 Å². The minimum absolute atomic E-state index is 0.399. The minimum atomic E-state index is 0.399. The predicted molar refractivity (Wildman–Crippen MR) is 84.8 cm³/mol. The Morgan fingerprint density at radius 3 is 2.24 bits per heavy atom. The van der Waals surface area contributed by atoms with Crippen LogP contribution in [0.15, 0.2) is 65.2 Å². The van der Waals surface area contributed by atoms with Crippen molar-refractivity contribution in [2.45, 2.75) is 19.3 Å². The van der Waals surface area contributed by atoms with Crippen molar-refractivity contribution in [1.82, 2.24) is 5.16 Å². The molecule has 0 radical (unpaired) electrons. The Hall–Kier alpha value is -2.55. The molecular weight excluding hydrogens is 260 g/mol. The molecule has 3 heteroatoms. The first-order valence-corrected chi connectivity index (χ1v) is 7.18. The summed E-state index contributed by atoms with van der Waals surface area (Å²) in [6.07, 6.45) is 2.91. The number of hydrogen-bond acceptors (Lipinski definition) is 3. The Kier molecular flexibility index (Phi) is 4.01. The van der Waals surface area contributed by atoms with E-state index in [0.29, 0.717) is 5.88 Å². The number of benzene rings is 2. The highest BCUT2D eigenvalue weighted by Crippen LogP contribution is 2.30. The number of nitrogens with two attached hydrogens (primary N) is 1. The molecule has 106 valence electrons.